The molecule has 0 aliphatic carbocycles. The molecule has 3 rings (SSSR count). The molecule has 1 aromatic carbocycles. The number of hydrogen-bond acceptors (Lipinski definition) is 6. The SMILES string of the molecule is CCc1c(C(=O)N(C)CC(=O)Nc2ccc(Br)cc2C)cnn1-c1ccc(OC)nn1. The van der Waals surface area contributed by atoms with Crippen LogP contribution in [0.25, 0.3) is 5.82 Å². The minimum absolute atomic E-state index is 0.0922. The van der Waals surface area contributed by atoms with Gasteiger partial charge in [0, 0.05) is 23.3 Å². The normalized spacial score (nSPS) is 10.6. The largest absolute Gasteiger partial charge is 0.480 e. The van der Waals surface area contributed by atoms with E-state index in [9.17, 15) is 9.59 Å². The van der Waals surface area contributed by atoms with Gasteiger partial charge < -0.3 is 15.0 Å². The lowest BCUT2D eigenvalue weighted by Gasteiger charge is -2.17. The predicted molar refractivity (Wildman–Crippen MR) is 120 cm³/mol. The van der Waals surface area contributed by atoms with Crippen LogP contribution in [0.3, 0.4) is 0 Å². The Bertz CT molecular complexity index is 1100. The van der Waals surface area contributed by atoms with Gasteiger partial charge in [-0.1, -0.05) is 22.9 Å². The van der Waals surface area contributed by atoms with E-state index >= 15 is 0 Å². The topological polar surface area (TPSA) is 102 Å². The summed E-state index contributed by atoms with van der Waals surface area (Å²) in [5.74, 6) is 0.278. The van der Waals surface area contributed by atoms with E-state index in [0.29, 0.717) is 35.1 Å². The Balaban J connectivity index is 1.74. The summed E-state index contributed by atoms with van der Waals surface area (Å²) >= 11 is 3.40. The van der Waals surface area contributed by atoms with Gasteiger partial charge in [-0.25, -0.2) is 4.68 Å². The lowest BCUT2D eigenvalue weighted by Crippen LogP contribution is -2.35. The predicted octanol–water partition coefficient (Wildman–Crippen LogP) is 3.01. The average Bonchev–Trinajstić information content (AvgIpc) is 3.19. The van der Waals surface area contributed by atoms with Crippen LogP contribution in [-0.2, 0) is 11.2 Å². The van der Waals surface area contributed by atoms with Gasteiger partial charge in [0.25, 0.3) is 5.91 Å². The number of methoxy groups -OCH3 is 1. The number of nitrogens with one attached hydrogen (secondary N) is 1. The minimum Gasteiger partial charge on any atom is -0.480 e. The first kappa shape index (κ1) is 22.4. The lowest BCUT2D eigenvalue weighted by molar-refractivity contribution is -0.116. The second-order valence-corrected chi connectivity index (χ2v) is 7.79. The van der Waals surface area contributed by atoms with Gasteiger partial charge in [0.2, 0.25) is 11.8 Å². The lowest BCUT2D eigenvalue weighted by atomic mass is 10.2. The highest BCUT2D eigenvalue weighted by Crippen LogP contribution is 2.20. The third-order valence-corrected chi connectivity index (χ3v) is 5.17. The fourth-order valence-corrected chi connectivity index (χ4v) is 3.55. The van der Waals surface area contributed by atoms with Crippen molar-refractivity contribution in [2.45, 2.75) is 20.3 Å². The first-order valence-corrected chi connectivity index (χ1v) is 10.4. The van der Waals surface area contributed by atoms with Gasteiger partial charge in [0.1, 0.15) is 0 Å². The number of hydrogen-bond donors (Lipinski definition) is 1. The van der Waals surface area contributed by atoms with Crippen LogP contribution in [-0.4, -0.2) is 57.4 Å². The maximum Gasteiger partial charge on any atom is 0.257 e. The van der Waals surface area contributed by atoms with Crippen molar-refractivity contribution in [3.05, 3.63) is 57.8 Å². The third-order valence-electron chi connectivity index (χ3n) is 4.68. The summed E-state index contributed by atoms with van der Waals surface area (Å²) < 4.78 is 7.52. The Morgan fingerprint density at radius 3 is 2.61 bits per heavy atom. The zero-order valence-corrected chi connectivity index (χ0v) is 19.3. The summed E-state index contributed by atoms with van der Waals surface area (Å²) in [6, 6.07) is 8.96. The molecule has 0 fully saturated rings. The van der Waals surface area contributed by atoms with Gasteiger partial charge in [-0.3, -0.25) is 9.59 Å². The van der Waals surface area contributed by atoms with Gasteiger partial charge >= 0.3 is 0 Å². The highest BCUT2D eigenvalue weighted by atomic mass is 79.9. The molecule has 0 aliphatic heterocycles. The van der Waals surface area contributed by atoms with Crippen molar-refractivity contribution in [1.29, 1.82) is 0 Å². The molecule has 0 unspecified atom stereocenters. The van der Waals surface area contributed by atoms with Crippen LogP contribution in [0.15, 0.2) is 41.0 Å². The van der Waals surface area contributed by atoms with Crippen molar-refractivity contribution in [1.82, 2.24) is 24.9 Å². The molecule has 9 nitrogen and oxygen atoms in total. The molecule has 0 bridgehead atoms. The average molecular weight is 487 g/mol. The van der Waals surface area contributed by atoms with Crippen molar-refractivity contribution in [3.8, 4) is 11.7 Å². The third kappa shape index (κ3) is 5.08. The molecule has 10 heteroatoms. The number of nitrogens with zero attached hydrogens (tertiary/aromatic N) is 5. The number of likely N-dealkylation sites (N-methyl/N-ethyl adjacent to an activating group) is 1. The standard InChI is InChI=1S/C21H23BrN6O3/c1-5-17-15(11-23-28(17)18-8-9-20(31-4)26-25-18)21(30)27(3)12-19(29)24-16-7-6-14(22)10-13(16)2/h6-11H,5,12H2,1-4H3,(H,24,29). The van der Waals surface area contributed by atoms with Crippen LogP contribution in [0.1, 0.15) is 28.5 Å². The molecule has 0 spiro atoms. The van der Waals surface area contributed by atoms with E-state index in [1.807, 2.05) is 32.0 Å². The molecule has 162 valence electrons. The van der Waals surface area contributed by atoms with Crippen molar-refractivity contribution in [2.75, 3.05) is 26.0 Å². The molecule has 0 aliphatic rings. The quantitative estimate of drug-likeness (QED) is 0.550. The zero-order chi connectivity index (χ0) is 22.5. The molecule has 0 saturated heterocycles. The monoisotopic (exact) mass is 486 g/mol. The number of carbonyl (C=O) groups is 2. The Labute approximate surface area is 188 Å². The summed E-state index contributed by atoms with van der Waals surface area (Å²) in [5, 5.41) is 15.2. The van der Waals surface area contributed by atoms with E-state index in [4.69, 9.17) is 4.74 Å². The highest BCUT2D eigenvalue weighted by molar-refractivity contribution is 9.10. The Morgan fingerprint density at radius 1 is 1.23 bits per heavy atom. The van der Waals surface area contributed by atoms with E-state index in [-0.39, 0.29) is 18.4 Å². The van der Waals surface area contributed by atoms with Gasteiger partial charge in [-0.15, -0.1) is 10.2 Å². The molecule has 0 radical (unpaired) electrons. The molecule has 2 heterocycles. The first-order chi connectivity index (χ1) is 14.8. The maximum atomic E-state index is 13.0. The Hall–Kier alpha value is -3.27. The minimum atomic E-state index is -0.299. The molecule has 1 N–H and O–H groups in total. The number of aromatic nitrogens is 4. The summed E-state index contributed by atoms with van der Waals surface area (Å²) in [6.07, 6.45) is 2.03. The molecule has 0 atom stereocenters. The molecule has 3 aromatic rings. The first-order valence-electron chi connectivity index (χ1n) is 9.60. The zero-order valence-electron chi connectivity index (χ0n) is 17.7. The number of rotatable bonds is 7. The number of aryl methyl sites for hydroxylation is 1. The van der Waals surface area contributed by atoms with Crippen LogP contribution in [0.5, 0.6) is 5.88 Å². The number of benzene rings is 1. The Kier molecular flexibility index (Phi) is 7.01. The summed E-state index contributed by atoms with van der Waals surface area (Å²) in [6.45, 7) is 3.73. The maximum absolute atomic E-state index is 13.0. The number of carbonyl (C=O) groups excluding carboxylic acids is 2. The van der Waals surface area contributed by atoms with Crippen molar-refractivity contribution in [3.63, 3.8) is 0 Å². The number of anilines is 1. The molecule has 2 amide bonds. The van der Waals surface area contributed by atoms with Gasteiger partial charge in [0.15, 0.2) is 5.82 Å². The van der Waals surface area contributed by atoms with Crippen molar-refractivity contribution >= 4 is 33.4 Å². The highest BCUT2D eigenvalue weighted by Gasteiger charge is 2.22. The molecule has 2 aromatic heterocycles. The van der Waals surface area contributed by atoms with Crippen molar-refractivity contribution in [2.24, 2.45) is 0 Å². The number of amides is 2. The number of ether oxygens (including phenoxy) is 1. The smallest absolute Gasteiger partial charge is 0.257 e. The fraction of sp³-hybridized carbons (Fsp3) is 0.286. The van der Waals surface area contributed by atoms with E-state index < -0.39 is 0 Å². The van der Waals surface area contributed by atoms with Crippen LogP contribution >= 0.6 is 15.9 Å². The summed E-state index contributed by atoms with van der Waals surface area (Å²) in [7, 11) is 3.09. The summed E-state index contributed by atoms with van der Waals surface area (Å²) in [4.78, 5) is 26.8. The van der Waals surface area contributed by atoms with Crippen LogP contribution < -0.4 is 10.1 Å². The molecular formula is C21H23BrN6O3. The second-order valence-electron chi connectivity index (χ2n) is 6.87. The van der Waals surface area contributed by atoms with E-state index in [2.05, 4.69) is 36.5 Å². The van der Waals surface area contributed by atoms with Gasteiger partial charge in [-0.05, 0) is 43.2 Å². The fourth-order valence-electron chi connectivity index (χ4n) is 3.07. The van der Waals surface area contributed by atoms with Crippen LogP contribution in [0.4, 0.5) is 5.69 Å². The molecule has 0 saturated carbocycles. The van der Waals surface area contributed by atoms with E-state index in [1.54, 1.807) is 23.9 Å². The number of halogens is 1. The second kappa shape index (κ2) is 9.69. The van der Waals surface area contributed by atoms with Crippen LogP contribution in [0, 0.1) is 6.92 Å². The molecular weight excluding hydrogens is 464 g/mol. The molecule has 31 heavy (non-hydrogen) atoms. The van der Waals surface area contributed by atoms with Gasteiger partial charge in [0.05, 0.1) is 31.1 Å². The van der Waals surface area contributed by atoms with E-state index in [1.165, 1.54) is 18.2 Å². The van der Waals surface area contributed by atoms with Gasteiger partial charge in [-0.2, -0.15) is 5.10 Å². The van der Waals surface area contributed by atoms with Crippen LogP contribution in [0.2, 0.25) is 0 Å². The van der Waals surface area contributed by atoms with E-state index in [0.717, 1.165) is 10.0 Å². The Morgan fingerprint density at radius 2 is 2.00 bits per heavy atom. The summed E-state index contributed by atoms with van der Waals surface area (Å²) in [5.41, 5.74) is 2.72. The van der Waals surface area contributed by atoms with Crippen molar-refractivity contribution < 1.29 is 14.3 Å².